The maximum Gasteiger partial charge on any atom is 0.255 e. The molecular weight excluding hydrogens is 422 g/mol. The van der Waals surface area contributed by atoms with Crippen molar-refractivity contribution in [2.75, 3.05) is 13.2 Å². The third-order valence-electron chi connectivity index (χ3n) is 6.49. The zero-order valence-electron chi connectivity index (χ0n) is 18.3. The van der Waals surface area contributed by atoms with E-state index in [0.717, 1.165) is 18.5 Å². The number of fused-ring (bicyclic) bond motifs is 1. The van der Waals surface area contributed by atoms with Crippen LogP contribution in [-0.4, -0.2) is 54.0 Å². The molecule has 8 nitrogen and oxygen atoms in total. The van der Waals surface area contributed by atoms with Gasteiger partial charge in [-0.25, -0.2) is 0 Å². The van der Waals surface area contributed by atoms with Gasteiger partial charge in [0.1, 0.15) is 17.9 Å². The van der Waals surface area contributed by atoms with Crippen molar-refractivity contribution in [3.05, 3.63) is 65.2 Å². The summed E-state index contributed by atoms with van der Waals surface area (Å²) < 4.78 is 12.0. The quantitative estimate of drug-likeness (QED) is 0.653. The Bertz CT molecular complexity index is 1060. The van der Waals surface area contributed by atoms with Crippen molar-refractivity contribution in [3.63, 3.8) is 0 Å². The third kappa shape index (κ3) is 4.62. The molecule has 172 valence electrons. The second-order valence-electron chi connectivity index (χ2n) is 8.71. The molecule has 2 aromatic rings. The second-order valence-corrected chi connectivity index (χ2v) is 8.71. The molecule has 2 N–H and O–H groups in total. The SMILES string of the molecule is O=C1CCC(N2Cc3cc(O[C@@H]4CCOC[C@H]4NCc4ccccc4)ccc3C2=O)C(=O)N1. The zero-order chi connectivity index (χ0) is 22.8. The van der Waals surface area contributed by atoms with Crippen LogP contribution in [0.1, 0.15) is 40.7 Å². The monoisotopic (exact) mass is 449 g/mol. The van der Waals surface area contributed by atoms with Crippen molar-refractivity contribution in [2.24, 2.45) is 0 Å². The lowest BCUT2D eigenvalue weighted by atomic mass is 10.0. The minimum atomic E-state index is -0.617. The standard InChI is InChI=1S/C25H27N3O5/c29-23-9-8-21(24(30)27-23)28-14-17-12-18(6-7-19(17)25(28)31)33-22-10-11-32-15-20(22)26-13-16-4-2-1-3-5-16/h1-7,12,20-22,26H,8-11,13-15H2,(H,27,29,30)/t20-,21?,22-/m1/s1. The molecule has 1 unspecified atom stereocenters. The Morgan fingerprint density at radius 3 is 2.76 bits per heavy atom. The van der Waals surface area contributed by atoms with E-state index in [1.54, 1.807) is 11.0 Å². The van der Waals surface area contributed by atoms with Crippen LogP contribution in [0.5, 0.6) is 5.75 Å². The molecular formula is C25H27N3O5. The third-order valence-corrected chi connectivity index (χ3v) is 6.49. The van der Waals surface area contributed by atoms with Crippen LogP contribution in [0.25, 0.3) is 0 Å². The molecule has 0 aliphatic carbocycles. The van der Waals surface area contributed by atoms with Crippen LogP contribution in [-0.2, 0) is 27.4 Å². The highest BCUT2D eigenvalue weighted by molar-refractivity contribution is 6.05. The summed E-state index contributed by atoms with van der Waals surface area (Å²) in [5.41, 5.74) is 2.62. The fourth-order valence-electron chi connectivity index (χ4n) is 4.69. The van der Waals surface area contributed by atoms with E-state index in [1.807, 2.05) is 30.3 Å². The second kappa shape index (κ2) is 9.33. The summed E-state index contributed by atoms with van der Waals surface area (Å²) in [5.74, 6) is -0.175. The summed E-state index contributed by atoms with van der Waals surface area (Å²) in [6.07, 6.45) is 1.31. The van der Waals surface area contributed by atoms with Gasteiger partial charge in [0, 0.05) is 31.5 Å². The van der Waals surface area contributed by atoms with Crippen molar-refractivity contribution in [3.8, 4) is 5.75 Å². The van der Waals surface area contributed by atoms with Gasteiger partial charge in [-0.3, -0.25) is 19.7 Å². The number of carbonyl (C=O) groups excluding carboxylic acids is 3. The van der Waals surface area contributed by atoms with Crippen molar-refractivity contribution in [2.45, 2.75) is 50.5 Å². The Labute approximate surface area is 192 Å². The van der Waals surface area contributed by atoms with Gasteiger partial charge < -0.3 is 19.7 Å². The predicted octanol–water partition coefficient (Wildman–Crippen LogP) is 1.77. The highest BCUT2D eigenvalue weighted by Gasteiger charge is 2.39. The minimum Gasteiger partial charge on any atom is -0.489 e. The fourth-order valence-corrected chi connectivity index (χ4v) is 4.69. The Morgan fingerprint density at radius 1 is 1.09 bits per heavy atom. The fraction of sp³-hybridized carbons (Fsp3) is 0.400. The molecule has 2 aromatic carbocycles. The first-order chi connectivity index (χ1) is 16.1. The Morgan fingerprint density at radius 2 is 1.94 bits per heavy atom. The summed E-state index contributed by atoms with van der Waals surface area (Å²) in [4.78, 5) is 38.1. The van der Waals surface area contributed by atoms with Gasteiger partial charge in [0.25, 0.3) is 5.91 Å². The van der Waals surface area contributed by atoms with Gasteiger partial charge in [-0.2, -0.15) is 0 Å². The lowest BCUT2D eigenvalue weighted by Gasteiger charge is -2.32. The van der Waals surface area contributed by atoms with Crippen LogP contribution >= 0.6 is 0 Å². The molecule has 2 saturated heterocycles. The highest BCUT2D eigenvalue weighted by atomic mass is 16.5. The van der Waals surface area contributed by atoms with Gasteiger partial charge in [0.05, 0.1) is 19.3 Å². The van der Waals surface area contributed by atoms with Crippen molar-refractivity contribution in [1.29, 1.82) is 0 Å². The summed E-state index contributed by atoms with van der Waals surface area (Å²) >= 11 is 0. The van der Waals surface area contributed by atoms with E-state index >= 15 is 0 Å². The van der Waals surface area contributed by atoms with Crippen molar-refractivity contribution >= 4 is 17.7 Å². The maximum absolute atomic E-state index is 12.9. The molecule has 3 aliphatic heterocycles. The van der Waals surface area contributed by atoms with Gasteiger partial charge in [-0.05, 0) is 35.7 Å². The molecule has 2 fully saturated rings. The number of benzene rings is 2. The molecule has 3 atom stereocenters. The molecule has 8 heteroatoms. The molecule has 0 bridgehead atoms. The predicted molar refractivity (Wildman–Crippen MR) is 119 cm³/mol. The van der Waals surface area contributed by atoms with Gasteiger partial charge in [0.2, 0.25) is 11.8 Å². The zero-order valence-corrected chi connectivity index (χ0v) is 18.3. The molecule has 0 radical (unpaired) electrons. The van der Waals surface area contributed by atoms with E-state index in [4.69, 9.17) is 9.47 Å². The number of nitrogens with zero attached hydrogens (tertiary/aromatic N) is 1. The van der Waals surface area contributed by atoms with Crippen LogP contribution in [0.4, 0.5) is 0 Å². The molecule has 0 saturated carbocycles. The van der Waals surface area contributed by atoms with Gasteiger partial charge >= 0.3 is 0 Å². The number of hydrogen-bond acceptors (Lipinski definition) is 6. The minimum absolute atomic E-state index is 0.0498. The molecule has 3 amide bonds. The summed E-state index contributed by atoms with van der Waals surface area (Å²) in [5, 5.41) is 5.87. The number of piperidine rings is 1. The van der Waals surface area contributed by atoms with E-state index in [-0.39, 0.29) is 30.4 Å². The average molecular weight is 450 g/mol. The van der Waals surface area contributed by atoms with Crippen LogP contribution in [0.15, 0.2) is 48.5 Å². The summed E-state index contributed by atoms with van der Waals surface area (Å²) in [6.45, 7) is 2.28. The Kier molecular flexibility index (Phi) is 6.11. The molecule has 3 heterocycles. The first-order valence-electron chi connectivity index (χ1n) is 11.4. The number of imide groups is 1. The Balaban J connectivity index is 1.25. The smallest absolute Gasteiger partial charge is 0.255 e. The van der Waals surface area contributed by atoms with E-state index in [0.29, 0.717) is 37.5 Å². The van der Waals surface area contributed by atoms with Gasteiger partial charge in [-0.1, -0.05) is 30.3 Å². The number of nitrogens with one attached hydrogen (secondary N) is 2. The molecule has 33 heavy (non-hydrogen) atoms. The van der Waals surface area contributed by atoms with Gasteiger partial charge in [0.15, 0.2) is 0 Å². The average Bonchev–Trinajstić information content (AvgIpc) is 3.14. The normalized spacial score (nSPS) is 25.0. The molecule has 0 aromatic heterocycles. The van der Waals surface area contributed by atoms with E-state index in [9.17, 15) is 14.4 Å². The number of hydrogen-bond donors (Lipinski definition) is 2. The number of ether oxygens (including phenoxy) is 2. The number of carbonyl (C=O) groups is 3. The first-order valence-corrected chi connectivity index (χ1v) is 11.4. The van der Waals surface area contributed by atoms with Gasteiger partial charge in [-0.15, -0.1) is 0 Å². The van der Waals surface area contributed by atoms with E-state index in [2.05, 4.69) is 22.8 Å². The van der Waals surface area contributed by atoms with Crippen molar-refractivity contribution in [1.82, 2.24) is 15.5 Å². The number of rotatable bonds is 6. The molecule has 5 rings (SSSR count). The largest absolute Gasteiger partial charge is 0.489 e. The van der Waals surface area contributed by atoms with Crippen LogP contribution in [0.2, 0.25) is 0 Å². The summed E-state index contributed by atoms with van der Waals surface area (Å²) in [7, 11) is 0. The maximum atomic E-state index is 12.9. The summed E-state index contributed by atoms with van der Waals surface area (Å²) in [6, 6.07) is 15.1. The van der Waals surface area contributed by atoms with Crippen LogP contribution in [0.3, 0.4) is 0 Å². The lowest BCUT2D eigenvalue weighted by molar-refractivity contribution is -0.136. The molecule has 0 spiro atoms. The number of amides is 3. The Hall–Kier alpha value is -3.23. The van der Waals surface area contributed by atoms with Crippen molar-refractivity contribution < 1.29 is 23.9 Å². The lowest BCUT2D eigenvalue weighted by Crippen LogP contribution is -2.52. The first kappa shape index (κ1) is 21.6. The van der Waals surface area contributed by atoms with Crippen LogP contribution in [0, 0.1) is 0 Å². The van der Waals surface area contributed by atoms with E-state index in [1.165, 1.54) is 5.56 Å². The highest BCUT2D eigenvalue weighted by Crippen LogP contribution is 2.31. The molecule has 3 aliphatic rings. The van der Waals surface area contributed by atoms with Crippen LogP contribution < -0.4 is 15.4 Å². The van der Waals surface area contributed by atoms with E-state index < -0.39 is 11.9 Å². The topological polar surface area (TPSA) is 97.0 Å².